The van der Waals surface area contributed by atoms with Gasteiger partial charge in [-0.05, 0) is 37.2 Å². The van der Waals surface area contributed by atoms with E-state index in [0.29, 0.717) is 5.92 Å². The summed E-state index contributed by atoms with van der Waals surface area (Å²) in [5.74, 6) is 0.929. The van der Waals surface area contributed by atoms with Crippen molar-refractivity contribution >= 4 is 0 Å². The van der Waals surface area contributed by atoms with E-state index < -0.39 is 0 Å². The molecule has 2 fully saturated rings. The molecule has 0 amide bonds. The second-order valence-electron chi connectivity index (χ2n) is 7.30. The summed E-state index contributed by atoms with van der Waals surface area (Å²) in [6.07, 6.45) is 9.83. The fourth-order valence-electron chi connectivity index (χ4n) is 4.20. The van der Waals surface area contributed by atoms with Crippen LogP contribution in [0.15, 0.2) is 30.3 Å². The van der Waals surface area contributed by atoms with Gasteiger partial charge in [0.15, 0.2) is 0 Å². The lowest BCUT2D eigenvalue weighted by atomic mass is 9.78. The van der Waals surface area contributed by atoms with Gasteiger partial charge >= 0.3 is 0 Å². The van der Waals surface area contributed by atoms with E-state index in [-0.39, 0.29) is 24.2 Å². The van der Waals surface area contributed by atoms with Crippen molar-refractivity contribution in [2.24, 2.45) is 11.8 Å². The summed E-state index contributed by atoms with van der Waals surface area (Å²) >= 11 is 0. The predicted molar refractivity (Wildman–Crippen MR) is 89.8 cm³/mol. The molecule has 1 saturated heterocycles. The van der Waals surface area contributed by atoms with E-state index in [0.717, 1.165) is 19.3 Å². The van der Waals surface area contributed by atoms with Gasteiger partial charge < -0.3 is 9.84 Å². The molecule has 0 spiro atoms. The lowest BCUT2D eigenvalue weighted by molar-refractivity contribution is -0.154. The number of ether oxygens (including phenoxy) is 1. The van der Waals surface area contributed by atoms with Crippen LogP contribution in [0.3, 0.4) is 0 Å². The SMILES string of the molecule is CC1C(O)CC(C2CCCCC2)OC1CCc1ccccc1. The largest absolute Gasteiger partial charge is 0.393 e. The molecule has 1 aliphatic carbocycles. The minimum Gasteiger partial charge on any atom is -0.393 e. The highest BCUT2D eigenvalue weighted by molar-refractivity contribution is 5.14. The molecule has 122 valence electrons. The molecule has 1 aromatic carbocycles. The van der Waals surface area contributed by atoms with Gasteiger partial charge in [0.2, 0.25) is 0 Å². The Kier molecular flexibility index (Phi) is 5.54. The van der Waals surface area contributed by atoms with Crippen LogP contribution in [-0.4, -0.2) is 23.4 Å². The van der Waals surface area contributed by atoms with E-state index in [4.69, 9.17) is 4.74 Å². The second-order valence-corrected chi connectivity index (χ2v) is 7.30. The number of rotatable bonds is 4. The van der Waals surface area contributed by atoms with Crippen LogP contribution in [0.4, 0.5) is 0 Å². The minimum atomic E-state index is -0.193. The second kappa shape index (κ2) is 7.61. The smallest absolute Gasteiger partial charge is 0.0632 e. The zero-order valence-corrected chi connectivity index (χ0v) is 13.8. The number of hydrogen-bond donors (Lipinski definition) is 1. The lowest BCUT2D eigenvalue weighted by Gasteiger charge is -2.42. The third-order valence-electron chi connectivity index (χ3n) is 5.75. The van der Waals surface area contributed by atoms with Gasteiger partial charge in [0.25, 0.3) is 0 Å². The minimum absolute atomic E-state index is 0.193. The highest BCUT2D eigenvalue weighted by Gasteiger charge is 2.38. The first-order valence-electron chi connectivity index (χ1n) is 9.11. The van der Waals surface area contributed by atoms with Crippen molar-refractivity contribution < 1.29 is 9.84 Å². The number of aliphatic hydroxyl groups is 1. The lowest BCUT2D eigenvalue weighted by Crippen LogP contribution is -2.46. The third-order valence-corrected chi connectivity index (χ3v) is 5.75. The molecule has 2 aliphatic rings. The normalized spacial score (nSPS) is 33.7. The molecule has 0 bridgehead atoms. The van der Waals surface area contributed by atoms with E-state index in [9.17, 15) is 5.11 Å². The molecule has 1 heterocycles. The van der Waals surface area contributed by atoms with Gasteiger partial charge in [0.1, 0.15) is 0 Å². The zero-order chi connectivity index (χ0) is 15.4. The molecular formula is C20H30O2. The van der Waals surface area contributed by atoms with Crippen molar-refractivity contribution in [3.05, 3.63) is 35.9 Å². The molecule has 4 unspecified atom stereocenters. The number of benzene rings is 1. The highest BCUT2D eigenvalue weighted by atomic mass is 16.5. The summed E-state index contributed by atoms with van der Waals surface area (Å²) < 4.78 is 6.47. The number of hydrogen-bond acceptors (Lipinski definition) is 2. The van der Waals surface area contributed by atoms with E-state index in [2.05, 4.69) is 37.3 Å². The fourth-order valence-corrected chi connectivity index (χ4v) is 4.20. The zero-order valence-electron chi connectivity index (χ0n) is 13.8. The van der Waals surface area contributed by atoms with Gasteiger partial charge in [-0.3, -0.25) is 0 Å². The highest BCUT2D eigenvalue weighted by Crippen LogP contribution is 2.36. The molecule has 1 aromatic rings. The molecule has 3 rings (SSSR count). The summed E-state index contributed by atoms with van der Waals surface area (Å²) in [4.78, 5) is 0. The summed E-state index contributed by atoms with van der Waals surface area (Å²) in [6.45, 7) is 2.15. The molecule has 2 nitrogen and oxygen atoms in total. The van der Waals surface area contributed by atoms with Crippen LogP contribution < -0.4 is 0 Å². The molecule has 0 aromatic heterocycles. The summed E-state index contributed by atoms with van der Waals surface area (Å²) in [5, 5.41) is 10.5. The van der Waals surface area contributed by atoms with Gasteiger partial charge in [-0.1, -0.05) is 56.5 Å². The molecule has 1 aliphatic heterocycles. The van der Waals surface area contributed by atoms with Gasteiger partial charge in [0.05, 0.1) is 18.3 Å². The van der Waals surface area contributed by atoms with Crippen LogP contribution >= 0.6 is 0 Å². The van der Waals surface area contributed by atoms with Gasteiger partial charge in [0, 0.05) is 12.3 Å². The van der Waals surface area contributed by atoms with E-state index >= 15 is 0 Å². The monoisotopic (exact) mass is 302 g/mol. The fraction of sp³-hybridized carbons (Fsp3) is 0.700. The molecule has 22 heavy (non-hydrogen) atoms. The van der Waals surface area contributed by atoms with E-state index in [1.165, 1.54) is 37.7 Å². The van der Waals surface area contributed by atoms with Crippen LogP contribution in [0.25, 0.3) is 0 Å². The first kappa shape index (κ1) is 16.0. The first-order valence-corrected chi connectivity index (χ1v) is 9.11. The Morgan fingerprint density at radius 1 is 1.09 bits per heavy atom. The number of aliphatic hydroxyl groups excluding tert-OH is 1. The average Bonchev–Trinajstić information content (AvgIpc) is 2.58. The summed E-state index contributed by atoms with van der Waals surface area (Å²) in [5.41, 5.74) is 1.37. The van der Waals surface area contributed by atoms with Gasteiger partial charge in [-0.15, -0.1) is 0 Å². The molecular weight excluding hydrogens is 272 g/mol. The van der Waals surface area contributed by atoms with Crippen molar-refractivity contribution in [1.82, 2.24) is 0 Å². The quantitative estimate of drug-likeness (QED) is 0.895. The maximum atomic E-state index is 10.5. The van der Waals surface area contributed by atoms with Crippen LogP contribution in [0.2, 0.25) is 0 Å². The maximum Gasteiger partial charge on any atom is 0.0632 e. The van der Waals surface area contributed by atoms with Crippen LogP contribution in [0.5, 0.6) is 0 Å². The summed E-state index contributed by atoms with van der Waals surface area (Å²) in [6, 6.07) is 10.6. The molecule has 0 radical (unpaired) electrons. The average molecular weight is 302 g/mol. The molecule has 1 saturated carbocycles. The molecule has 4 atom stereocenters. The third kappa shape index (κ3) is 3.91. The Hall–Kier alpha value is -0.860. The van der Waals surface area contributed by atoms with Gasteiger partial charge in [-0.25, -0.2) is 0 Å². The van der Waals surface area contributed by atoms with Crippen molar-refractivity contribution in [3.8, 4) is 0 Å². The molecule has 2 heteroatoms. The summed E-state index contributed by atoms with van der Waals surface area (Å²) in [7, 11) is 0. The number of aryl methyl sites for hydroxylation is 1. The van der Waals surface area contributed by atoms with Crippen LogP contribution in [-0.2, 0) is 11.2 Å². The topological polar surface area (TPSA) is 29.5 Å². The van der Waals surface area contributed by atoms with Crippen molar-refractivity contribution in [2.75, 3.05) is 0 Å². The first-order chi connectivity index (χ1) is 10.7. The van der Waals surface area contributed by atoms with E-state index in [1.807, 2.05) is 0 Å². The Bertz CT molecular complexity index is 438. The van der Waals surface area contributed by atoms with Crippen molar-refractivity contribution in [2.45, 2.75) is 76.6 Å². The van der Waals surface area contributed by atoms with E-state index in [1.54, 1.807) is 0 Å². The Balaban J connectivity index is 1.58. The Labute approximate surface area is 134 Å². The Morgan fingerprint density at radius 3 is 2.55 bits per heavy atom. The Morgan fingerprint density at radius 2 is 1.82 bits per heavy atom. The van der Waals surface area contributed by atoms with Crippen molar-refractivity contribution in [1.29, 1.82) is 0 Å². The molecule has 1 N–H and O–H groups in total. The predicted octanol–water partition coefficient (Wildman–Crippen LogP) is 4.35. The standard InChI is InChI=1S/C20H30O2/c1-15-18(21)14-20(17-10-6-3-7-11-17)22-19(15)13-12-16-8-4-2-5-9-16/h2,4-5,8-9,15,17-21H,3,6-7,10-14H2,1H3. The maximum absolute atomic E-state index is 10.5. The van der Waals surface area contributed by atoms with Crippen LogP contribution in [0.1, 0.15) is 57.4 Å². The van der Waals surface area contributed by atoms with Crippen LogP contribution in [0, 0.1) is 11.8 Å². The van der Waals surface area contributed by atoms with Crippen molar-refractivity contribution in [3.63, 3.8) is 0 Å². The van der Waals surface area contributed by atoms with Gasteiger partial charge in [-0.2, -0.15) is 0 Å².